The van der Waals surface area contributed by atoms with Crippen molar-refractivity contribution in [3.8, 4) is 0 Å². The van der Waals surface area contributed by atoms with Crippen LogP contribution >= 0.6 is 15.5 Å². The van der Waals surface area contributed by atoms with E-state index >= 15 is 0 Å². The minimum Gasteiger partial charge on any atom is -0.478 e. The Labute approximate surface area is 82.2 Å². The van der Waals surface area contributed by atoms with Gasteiger partial charge < -0.3 is 20.0 Å². The fourth-order valence-electron chi connectivity index (χ4n) is 0.550. The van der Waals surface area contributed by atoms with E-state index in [1.807, 2.05) is 0 Å². The van der Waals surface area contributed by atoms with Crippen LogP contribution in [0.1, 0.15) is 0 Å². The Balaban J connectivity index is 5.66. The van der Waals surface area contributed by atoms with Gasteiger partial charge in [0.2, 0.25) is 0 Å². The molecule has 0 saturated heterocycles. The van der Waals surface area contributed by atoms with E-state index in [-0.39, 0.29) is 0 Å². The maximum atomic E-state index is 10.8. The summed E-state index contributed by atoms with van der Waals surface area (Å²) < 4.78 is 10.5. The zero-order valence-electron chi connectivity index (χ0n) is 6.75. The van der Waals surface area contributed by atoms with E-state index in [0.29, 0.717) is 0 Å². The van der Waals surface area contributed by atoms with Gasteiger partial charge in [0.25, 0.3) is 0 Å². The molecule has 12 heteroatoms. The lowest BCUT2D eigenvalue weighted by atomic mass is 10.4. The minimum absolute atomic E-state index is 2.66. The van der Waals surface area contributed by atoms with Gasteiger partial charge in [0.1, 0.15) is 0 Å². The molecule has 7 N–H and O–H groups in total. The number of rotatable bonds is 4. The second kappa shape index (κ2) is 3.85. The highest BCUT2D eigenvalue weighted by Crippen LogP contribution is 2.59. The van der Waals surface area contributed by atoms with Gasteiger partial charge in [-0.05, 0) is 0 Å². The van der Waals surface area contributed by atoms with E-state index in [1.54, 1.807) is 0 Å². The first-order chi connectivity index (χ1) is 6.35. The normalized spacial score (nSPS) is 16.9. The number of aliphatic hydroxyl groups is 1. The van der Waals surface area contributed by atoms with E-state index in [9.17, 15) is 14.2 Å². The summed E-state index contributed by atoms with van der Waals surface area (Å²) in [5, 5.41) is 12.7. The fourth-order valence-corrected chi connectivity index (χ4v) is 2.36. The number of carboxylic acids is 1. The summed E-state index contributed by atoms with van der Waals surface area (Å²) >= 11 is 0. The van der Waals surface area contributed by atoms with Crippen molar-refractivity contribution in [3.63, 3.8) is 0 Å². The van der Waals surface area contributed by atoms with Crippen LogP contribution in [-0.2, 0) is 14.2 Å². The van der Waals surface area contributed by atoms with Gasteiger partial charge in [-0.1, -0.05) is 0 Å². The number of carbonyl (C=O) groups excluding carboxylic acids is 1. The van der Waals surface area contributed by atoms with Crippen LogP contribution < -0.4 is 0 Å². The van der Waals surface area contributed by atoms with Gasteiger partial charge in [0.15, 0.2) is 0 Å². The van der Waals surface area contributed by atoms with Gasteiger partial charge in [0.05, 0.1) is 0 Å². The van der Waals surface area contributed by atoms with Crippen molar-refractivity contribution in [2.45, 2.75) is 5.34 Å². The lowest BCUT2D eigenvalue weighted by molar-refractivity contribution is -0.155. The van der Waals surface area contributed by atoms with Crippen LogP contribution in [0, 0.1) is 0 Å². The van der Waals surface area contributed by atoms with E-state index in [2.05, 4.69) is 0 Å². The molecule has 0 aliphatic heterocycles. The highest BCUT2D eigenvalue weighted by Gasteiger charge is 2.71. The van der Waals surface area contributed by atoms with Crippen molar-refractivity contribution in [3.05, 3.63) is 0 Å². The lowest BCUT2D eigenvalue weighted by Gasteiger charge is -2.20. The Bertz CT molecular complexity index is 335. The molecule has 0 aromatic carbocycles. The number of hydrogen-bond donors (Lipinski definition) is 7. The molecule has 0 radical (unpaired) electrons. The van der Waals surface area contributed by atoms with Crippen LogP contribution in [-0.4, -0.2) is 51.5 Å². The topological polar surface area (TPSA) is 193 Å². The summed E-state index contributed by atoms with van der Waals surface area (Å²) in [7, 11) is -11.5. The van der Waals surface area contributed by atoms with E-state index in [1.165, 1.54) is 0 Å². The van der Waals surface area contributed by atoms with Crippen LogP contribution in [0.4, 0.5) is 0 Å². The fraction of sp³-hybridized carbons (Fsp3) is 0.333. The molecule has 0 spiro atoms. The molecule has 88 valence electrons. The quantitative estimate of drug-likeness (QED) is 0.206. The monoisotopic (exact) mass is 265 g/mol. The van der Waals surface area contributed by atoms with Crippen LogP contribution in [0.25, 0.3) is 0 Å². The Morgan fingerprint density at radius 2 is 1.47 bits per heavy atom. The van der Waals surface area contributed by atoms with Gasteiger partial charge in [-0.2, -0.15) is 14.7 Å². The molecule has 0 aliphatic rings. The molecule has 0 aromatic rings. The van der Waals surface area contributed by atoms with Crippen molar-refractivity contribution >= 4 is 27.0 Å². The molecule has 0 heterocycles. The molecule has 0 amide bonds. The largest absolute Gasteiger partial charge is 0.483 e. The van der Waals surface area contributed by atoms with E-state index in [0.717, 1.165) is 0 Å². The van der Waals surface area contributed by atoms with Crippen LogP contribution in [0.3, 0.4) is 0 Å². The molecule has 0 aromatic heterocycles. The average molecular weight is 265 g/mol. The Hall–Kier alpha value is -0.440. The third-order valence-corrected chi connectivity index (χ3v) is 3.57. The van der Waals surface area contributed by atoms with Gasteiger partial charge in [-0.25, -0.2) is 9.59 Å². The lowest BCUT2D eigenvalue weighted by Crippen LogP contribution is -2.46. The van der Waals surface area contributed by atoms with Crippen LogP contribution in [0.15, 0.2) is 0 Å². The van der Waals surface area contributed by atoms with Crippen LogP contribution in [0.5, 0.6) is 0 Å². The Morgan fingerprint density at radius 3 is 1.53 bits per heavy atom. The molecule has 15 heavy (non-hydrogen) atoms. The van der Waals surface area contributed by atoms with Gasteiger partial charge in [0, 0.05) is 0 Å². The molecule has 1 atom stereocenters. The molecule has 0 fully saturated rings. The Morgan fingerprint density at radius 1 is 1.13 bits per heavy atom. The Kier molecular flexibility index (Phi) is 3.74. The third kappa shape index (κ3) is 2.57. The average Bonchev–Trinajstić information content (AvgIpc) is 1.97. The van der Waals surface area contributed by atoms with E-state index < -0.39 is 32.4 Å². The maximum absolute atomic E-state index is 10.8. The smallest absolute Gasteiger partial charge is 0.478 e. The summed E-state index contributed by atoms with van der Waals surface area (Å²) in [4.78, 5) is 62.8. The molecule has 0 aliphatic carbocycles. The standard InChI is InChI=1S/C3H6O10P2/c4-1(5)3(7,15(11,12)13)2(6)14(8,9)10/h7-10H,(H2-,4,5,11,12,13)/p+1. The molecule has 0 rings (SSSR count). The summed E-state index contributed by atoms with van der Waals surface area (Å²) in [5.41, 5.74) is -2.66. The van der Waals surface area contributed by atoms with Crippen molar-refractivity contribution in [1.29, 1.82) is 0 Å². The first kappa shape index (κ1) is 14.6. The first-order valence-corrected chi connectivity index (χ1v) is 6.24. The highest BCUT2D eigenvalue weighted by molar-refractivity contribution is 7.79. The highest BCUT2D eigenvalue weighted by atomic mass is 31.2. The molecule has 0 saturated carbocycles. The van der Waals surface area contributed by atoms with Crippen molar-refractivity contribution in [2.24, 2.45) is 0 Å². The number of hydrogen-bond acceptors (Lipinski definition) is 7. The van der Waals surface area contributed by atoms with Crippen molar-refractivity contribution in [2.75, 3.05) is 0 Å². The second-order valence-corrected chi connectivity index (χ2v) is 5.67. The first-order valence-electron chi connectivity index (χ1n) is 2.99. The molecule has 1 unspecified atom stereocenters. The minimum atomic E-state index is -5.94. The predicted octanol–water partition coefficient (Wildman–Crippen LogP) is -2.80. The molecule has 10 nitrogen and oxygen atoms in total. The zero-order valence-corrected chi connectivity index (χ0v) is 8.54. The number of carbonyl (C=O) groups is 2. The SMILES string of the molecule is O=C(O)C(O)(C(=O)[P+](O)(O)O)P(=O)(O)O. The maximum Gasteiger partial charge on any atom is 0.483 e. The number of aliphatic carboxylic acids is 1. The van der Waals surface area contributed by atoms with Gasteiger partial charge in [-0.15, -0.1) is 0 Å². The summed E-state index contributed by atoms with van der Waals surface area (Å²) in [6.45, 7) is 0. The van der Waals surface area contributed by atoms with Crippen molar-refractivity contribution in [1.82, 2.24) is 0 Å². The summed E-state index contributed by atoms with van der Waals surface area (Å²) in [6, 6.07) is 0. The third-order valence-electron chi connectivity index (χ3n) is 1.29. The van der Waals surface area contributed by atoms with E-state index in [4.69, 9.17) is 34.7 Å². The van der Waals surface area contributed by atoms with Crippen molar-refractivity contribution < 1.29 is 48.8 Å². The van der Waals surface area contributed by atoms with Gasteiger partial charge >= 0.3 is 32.4 Å². The summed E-state index contributed by atoms with van der Waals surface area (Å²) in [5.74, 6) is -2.71. The second-order valence-electron chi connectivity index (χ2n) is 2.39. The molecular weight excluding hydrogens is 258 g/mol. The van der Waals surface area contributed by atoms with Crippen LogP contribution in [0.2, 0.25) is 0 Å². The zero-order chi connectivity index (χ0) is 12.7. The summed E-state index contributed by atoms with van der Waals surface area (Å²) in [6.07, 6.45) is 0. The van der Waals surface area contributed by atoms with Gasteiger partial charge in [-0.3, -0.25) is 4.57 Å². The molecular formula is C3H7O10P2+. The predicted molar refractivity (Wildman–Crippen MR) is 43.2 cm³/mol. The number of carboxylic acid groups (broad SMARTS) is 1. The molecule has 0 bridgehead atoms.